The van der Waals surface area contributed by atoms with E-state index in [1.165, 1.54) is 0 Å². The number of hydrogen-bond acceptors (Lipinski definition) is 3. The van der Waals surface area contributed by atoms with E-state index < -0.39 is 12.1 Å². The molecule has 0 amide bonds. The Labute approximate surface area is 73.0 Å². The number of carbonyl (C=O) groups is 1. The standard InChI is InChI=1S/C5H10O3SSe/c6-4(5(7)8)1-3(10)2-9/h3-4,6,9-10H,1-2H2,(H,7,8). The molecule has 0 aromatic carbocycles. The molecule has 0 saturated heterocycles. The zero-order valence-corrected chi connectivity index (χ0v) is 8.04. The maximum absolute atomic E-state index is 10.1. The van der Waals surface area contributed by atoms with Crippen LogP contribution < -0.4 is 0 Å². The first-order valence-electron chi connectivity index (χ1n) is 2.77. The van der Waals surface area contributed by atoms with Crippen LogP contribution >= 0.6 is 12.6 Å². The van der Waals surface area contributed by atoms with E-state index in [1.54, 1.807) is 0 Å². The van der Waals surface area contributed by atoms with Crippen LogP contribution in [0.5, 0.6) is 0 Å². The van der Waals surface area contributed by atoms with Gasteiger partial charge in [-0.2, -0.15) is 0 Å². The number of thiol groups is 1. The molecule has 5 heteroatoms. The summed E-state index contributed by atoms with van der Waals surface area (Å²) in [4.78, 5) is 10.2. The van der Waals surface area contributed by atoms with Gasteiger partial charge < -0.3 is 0 Å². The third-order valence-corrected chi connectivity index (χ3v) is 2.88. The van der Waals surface area contributed by atoms with Crippen LogP contribution in [0.4, 0.5) is 0 Å². The van der Waals surface area contributed by atoms with Crippen molar-refractivity contribution in [1.29, 1.82) is 0 Å². The topological polar surface area (TPSA) is 57.5 Å². The van der Waals surface area contributed by atoms with Crippen LogP contribution in [-0.2, 0) is 4.79 Å². The molecular formula is C5H10O3SSe. The molecule has 0 bridgehead atoms. The zero-order chi connectivity index (χ0) is 8.15. The average Bonchev–Trinajstić information content (AvgIpc) is 1.87. The van der Waals surface area contributed by atoms with Gasteiger partial charge in [0.1, 0.15) is 0 Å². The molecule has 0 fully saturated rings. The van der Waals surface area contributed by atoms with Gasteiger partial charge in [0, 0.05) is 0 Å². The van der Waals surface area contributed by atoms with Gasteiger partial charge in [0.25, 0.3) is 0 Å². The van der Waals surface area contributed by atoms with Crippen LogP contribution in [0.15, 0.2) is 0 Å². The van der Waals surface area contributed by atoms with Gasteiger partial charge in [0.15, 0.2) is 0 Å². The van der Waals surface area contributed by atoms with E-state index in [0.717, 1.165) is 0 Å². The zero-order valence-electron chi connectivity index (χ0n) is 5.27. The Balaban J connectivity index is 3.56. The molecular weight excluding hydrogens is 219 g/mol. The summed E-state index contributed by atoms with van der Waals surface area (Å²) in [7, 11) is 0. The number of carboxylic acids is 1. The fraction of sp³-hybridized carbons (Fsp3) is 0.800. The Morgan fingerprint density at radius 1 is 1.70 bits per heavy atom. The fourth-order valence-corrected chi connectivity index (χ4v) is 1.00. The molecule has 0 aliphatic heterocycles. The molecule has 0 aliphatic carbocycles. The molecule has 0 spiro atoms. The van der Waals surface area contributed by atoms with Crippen LogP contribution in [0, 0.1) is 0 Å². The molecule has 0 aliphatic rings. The van der Waals surface area contributed by atoms with Gasteiger partial charge in [0.2, 0.25) is 0 Å². The van der Waals surface area contributed by atoms with Crippen LogP contribution in [0.25, 0.3) is 0 Å². The number of rotatable bonds is 4. The molecule has 0 aromatic rings. The molecule has 10 heavy (non-hydrogen) atoms. The van der Waals surface area contributed by atoms with Crippen LogP contribution in [-0.4, -0.2) is 44.1 Å². The Hall–Kier alpha value is 0.299. The summed E-state index contributed by atoms with van der Waals surface area (Å²) in [5.41, 5.74) is 0. The average molecular weight is 229 g/mol. The van der Waals surface area contributed by atoms with Crippen molar-refractivity contribution in [3.8, 4) is 0 Å². The molecule has 0 radical (unpaired) electrons. The molecule has 0 heterocycles. The third kappa shape index (κ3) is 4.17. The minimum atomic E-state index is -1.25. The van der Waals surface area contributed by atoms with E-state index in [4.69, 9.17) is 10.2 Å². The fourth-order valence-electron chi connectivity index (χ4n) is 0.433. The van der Waals surface area contributed by atoms with Gasteiger partial charge in [0.05, 0.1) is 0 Å². The van der Waals surface area contributed by atoms with Gasteiger partial charge in [-0.3, -0.25) is 0 Å². The van der Waals surface area contributed by atoms with Gasteiger partial charge >= 0.3 is 72.7 Å². The molecule has 3 nitrogen and oxygen atoms in total. The molecule has 0 rings (SSSR count). The number of aliphatic hydroxyl groups is 1. The molecule has 2 atom stereocenters. The van der Waals surface area contributed by atoms with Crippen molar-refractivity contribution in [3.63, 3.8) is 0 Å². The first kappa shape index (κ1) is 10.3. The Morgan fingerprint density at radius 2 is 2.20 bits per heavy atom. The van der Waals surface area contributed by atoms with Gasteiger partial charge in [-0.05, 0) is 0 Å². The third-order valence-electron chi connectivity index (χ3n) is 0.991. The van der Waals surface area contributed by atoms with Crippen LogP contribution in [0.2, 0.25) is 4.82 Å². The van der Waals surface area contributed by atoms with Gasteiger partial charge in [-0.25, -0.2) is 0 Å². The molecule has 0 saturated carbocycles. The SMILES string of the molecule is O=C(O)C(O)CC([SeH])CS. The van der Waals surface area contributed by atoms with Crippen molar-refractivity contribution in [2.24, 2.45) is 0 Å². The predicted octanol–water partition coefficient (Wildman–Crippen LogP) is -0.559. The minimum absolute atomic E-state index is 0.0851. The van der Waals surface area contributed by atoms with E-state index in [9.17, 15) is 4.79 Å². The normalized spacial score (nSPS) is 16.3. The van der Waals surface area contributed by atoms with E-state index in [0.29, 0.717) is 5.75 Å². The summed E-state index contributed by atoms with van der Waals surface area (Å²) in [5, 5.41) is 17.0. The number of carboxylic acid groups (broad SMARTS) is 1. The quantitative estimate of drug-likeness (QED) is 0.447. The molecule has 0 aromatic heterocycles. The van der Waals surface area contributed by atoms with Crippen molar-refractivity contribution >= 4 is 34.6 Å². The van der Waals surface area contributed by atoms with Crippen LogP contribution in [0.1, 0.15) is 6.42 Å². The summed E-state index contributed by atoms with van der Waals surface area (Å²) in [6.45, 7) is 0. The summed E-state index contributed by atoms with van der Waals surface area (Å²) >= 11 is 6.22. The Morgan fingerprint density at radius 3 is 2.50 bits per heavy atom. The predicted molar refractivity (Wildman–Crippen MR) is 43.0 cm³/mol. The summed E-state index contributed by atoms with van der Waals surface area (Å²) in [6, 6.07) is 0. The van der Waals surface area contributed by atoms with Crippen LogP contribution in [0.3, 0.4) is 0 Å². The monoisotopic (exact) mass is 230 g/mol. The summed E-state index contributed by atoms with van der Waals surface area (Å²) in [5.74, 6) is -0.595. The number of hydrogen-bond donors (Lipinski definition) is 3. The van der Waals surface area contributed by atoms with Gasteiger partial charge in [-0.15, -0.1) is 0 Å². The number of aliphatic carboxylic acids is 1. The van der Waals surface area contributed by atoms with Gasteiger partial charge in [-0.1, -0.05) is 0 Å². The molecule has 2 N–H and O–H groups in total. The first-order valence-corrected chi connectivity index (χ1v) is 4.49. The van der Waals surface area contributed by atoms with Crippen molar-refractivity contribution in [2.45, 2.75) is 17.3 Å². The van der Waals surface area contributed by atoms with Crippen molar-refractivity contribution in [2.75, 3.05) is 5.75 Å². The second-order valence-electron chi connectivity index (χ2n) is 1.93. The summed E-state index contributed by atoms with van der Waals surface area (Å²) in [6.07, 6.45) is -1.00. The van der Waals surface area contributed by atoms with E-state index in [1.807, 2.05) is 0 Å². The maximum atomic E-state index is 10.1. The van der Waals surface area contributed by atoms with Crippen molar-refractivity contribution in [3.05, 3.63) is 0 Å². The van der Waals surface area contributed by atoms with E-state index in [-0.39, 0.29) is 11.2 Å². The van der Waals surface area contributed by atoms with E-state index >= 15 is 0 Å². The number of aliphatic hydroxyl groups excluding tert-OH is 1. The molecule has 2 unspecified atom stereocenters. The van der Waals surface area contributed by atoms with E-state index in [2.05, 4.69) is 28.6 Å². The van der Waals surface area contributed by atoms with Crippen molar-refractivity contribution < 1.29 is 15.0 Å². The van der Waals surface area contributed by atoms with Crippen molar-refractivity contribution in [1.82, 2.24) is 0 Å². The Bertz CT molecular complexity index is 119. The Kier molecular flexibility index (Phi) is 5.17. The molecule has 60 valence electrons. The first-order chi connectivity index (χ1) is 4.57. The second-order valence-corrected chi connectivity index (χ2v) is 3.82. The second kappa shape index (κ2) is 5.02. The summed E-state index contributed by atoms with van der Waals surface area (Å²) < 4.78 is 0.